The second-order valence-electron chi connectivity index (χ2n) is 4.73. The Bertz CT molecular complexity index is 752. The summed E-state index contributed by atoms with van der Waals surface area (Å²) in [4.78, 5) is 23.6. The van der Waals surface area contributed by atoms with Gasteiger partial charge in [-0.15, -0.1) is 0 Å². The van der Waals surface area contributed by atoms with E-state index in [1.165, 1.54) is 0 Å². The minimum absolute atomic E-state index is 0.237. The zero-order valence-corrected chi connectivity index (χ0v) is 14.5. The number of carbonyl (C=O) groups is 2. The molecule has 0 bridgehead atoms. The molecule has 0 saturated carbocycles. The van der Waals surface area contributed by atoms with Gasteiger partial charge < -0.3 is 15.8 Å². The number of rotatable bonds is 5. The van der Waals surface area contributed by atoms with E-state index in [0.29, 0.717) is 20.9 Å². The Morgan fingerprint density at radius 2 is 1.96 bits per heavy atom. The fourth-order valence-corrected chi connectivity index (χ4v) is 2.63. The first-order valence-electron chi connectivity index (χ1n) is 6.70. The van der Waals surface area contributed by atoms with Gasteiger partial charge in [0.25, 0.3) is 11.8 Å². The number of benzene rings is 2. The monoisotopic (exact) mass is 396 g/mol. The van der Waals surface area contributed by atoms with Crippen LogP contribution in [0.4, 0.5) is 5.69 Å². The molecule has 120 valence electrons. The molecular weight excluding hydrogens is 384 g/mol. The summed E-state index contributed by atoms with van der Waals surface area (Å²) in [6, 6.07) is 11.5. The van der Waals surface area contributed by atoms with E-state index in [2.05, 4.69) is 21.2 Å². The number of anilines is 1. The third kappa shape index (κ3) is 4.46. The Labute approximate surface area is 146 Å². The van der Waals surface area contributed by atoms with Crippen LogP contribution in [-0.2, 0) is 4.79 Å². The van der Waals surface area contributed by atoms with Gasteiger partial charge in [-0.05, 0) is 53.2 Å². The maximum Gasteiger partial charge on any atom is 0.265 e. The zero-order valence-electron chi connectivity index (χ0n) is 12.2. The summed E-state index contributed by atoms with van der Waals surface area (Å²) in [5.41, 5.74) is 5.86. The molecule has 2 amide bonds. The van der Waals surface area contributed by atoms with Crippen LogP contribution in [0.5, 0.6) is 5.75 Å². The summed E-state index contributed by atoms with van der Waals surface area (Å²) in [7, 11) is 0. The molecule has 23 heavy (non-hydrogen) atoms. The van der Waals surface area contributed by atoms with Crippen LogP contribution in [0.1, 0.15) is 17.3 Å². The van der Waals surface area contributed by atoms with Crippen LogP contribution in [0.15, 0.2) is 46.9 Å². The van der Waals surface area contributed by atoms with Crippen LogP contribution < -0.4 is 15.8 Å². The first-order chi connectivity index (χ1) is 10.9. The summed E-state index contributed by atoms with van der Waals surface area (Å²) < 4.78 is 6.24. The normalized spacial score (nSPS) is 11.6. The Kier molecular flexibility index (Phi) is 5.63. The van der Waals surface area contributed by atoms with Gasteiger partial charge in [-0.3, -0.25) is 9.59 Å². The zero-order chi connectivity index (χ0) is 17.0. The maximum atomic E-state index is 12.2. The molecule has 7 heteroatoms. The van der Waals surface area contributed by atoms with Crippen LogP contribution in [0, 0.1) is 0 Å². The molecule has 0 saturated heterocycles. The minimum atomic E-state index is -0.784. The highest BCUT2D eigenvalue weighted by Crippen LogP contribution is 2.29. The predicted molar refractivity (Wildman–Crippen MR) is 92.8 cm³/mol. The number of hydrogen-bond acceptors (Lipinski definition) is 3. The van der Waals surface area contributed by atoms with E-state index in [1.807, 2.05) is 0 Å². The molecule has 2 aromatic rings. The van der Waals surface area contributed by atoms with E-state index in [1.54, 1.807) is 49.4 Å². The summed E-state index contributed by atoms with van der Waals surface area (Å²) in [5.74, 6) is -0.532. The second-order valence-corrected chi connectivity index (χ2v) is 6.02. The molecule has 0 radical (unpaired) electrons. The highest BCUT2D eigenvalue weighted by atomic mass is 79.9. The number of amides is 2. The molecule has 0 aliphatic rings. The van der Waals surface area contributed by atoms with Gasteiger partial charge in [0.15, 0.2) is 6.10 Å². The van der Waals surface area contributed by atoms with Crippen LogP contribution >= 0.6 is 27.5 Å². The van der Waals surface area contributed by atoms with Crippen molar-refractivity contribution in [3.8, 4) is 5.75 Å². The molecule has 0 spiro atoms. The number of hydrogen-bond donors (Lipinski definition) is 2. The molecule has 0 aromatic heterocycles. The second kappa shape index (κ2) is 7.48. The Hall–Kier alpha value is -2.05. The van der Waals surface area contributed by atoms with Crippen LogP contribution in [0.2, 0.25) is 5.02 Å². The predicted octanol–water partition coefficient (Wildman–Crippen LogP) is 3.61. The molecule has 3 N–H and O–H groups in total. The number of nitrogens with one attached hydrogen (secondary N) is 1. The van der Waals surface area contributed by atoms with Crippen molar-refractivity contribution in [3.63, 3.8) is 0 Å². The van der Waals surface area contributed by atoms with Gasteiger partial charge in [-0.2, -0.15) is 0 Å². The Morgan fingerprint density at radius 1 is 1.26 bits per heavy atom. The maximum absolute atomic E-state index is 12.2. The minimum Gasteiger partial charge on any atom is -0.480 e. The smallest absolute Gasteiger partial charge is 0.265 e. The van der Waals surface area contributed by atoms with Gasteiger partial charge in [-0.1, -0.05) is 23.7 Å². The molecule has 0 fully saturated rings. The standard InChI is InChI=1S/C16H14BrClN2O3/c1-9(23-14-7-6-10(18)8-12(14)17)16(22)20-13-5-3-2-4-11(13)15(19)21/h2-9H,1H3,(H2,19,21)(H,20,22)/t9-/m0/s1. The van der Waals surface area contributed by atoms with Crippen molar-refractivity contribution in [2.24, 2.45) is 5.73 Å². The third-order valence-corrected chi connectivity index (χ3v) is 3.87. The van der Waals surface area contributed by atoms with E-state index in [4.69, 9.17) is 22.1 Å². The van der Waals surface area contributed by atoms with Crippen molar-refractivity contribution in [2.75, 3.05) is 5.32 Å². The van der Waals surface area contributed by atoms with Gasteiger partial charge in [0.2, 0.25) is 0 Å². The highest BCUT2D eigenvalue weighted by molar-refractivity contribution is 9.10. The highest BCUT2D eigenvalue weighted by Gasteiger charge is 2.18. The molecular formula is C16H14BrClN2O3. The van der Waals surface area contributed by atoms with Crippen molar-refractivity contribution in [3.05, 3.63) is 57.5 Å². The molecule has 0 aliphatic carbocycles. The van der Waals surface area contributed by atoms with E-state index < -0.39 is 17.9 Å². The largest absolute Gasteiger partial charge is 0.480 e. The lowest BCUT2D eigenvalue weighted by atomic mass is 10.1. The lowest BCUT2D eigenvalue weighted by Crippen LogP contribution is -2.31. The summed E-state index contributed by atoms with van der Waals surface area (Å²) in [5, 5.41) is 3.19. The quantitative estimate of drug-likeness (QED) is 0.808. The van der Waals surface area contributed by atoms with E-state index >= 15 is 0 Å². The SMILES string of the molecule is C[C@H](Oc1ccc(Cl)cc1Br)C(=O)Nc1ccccc1C(N)=O. The number of ether oxygens (including phenoxy) is 1. The van der Waals surface area contributed by atoms with Gasteiger partial charge in [0, 0.05) is 5.02 Å². The Balaban J connectivity index is 2.10. The van der Waals surface area contributed by atoms with Gasteiger partial charge in [0.1, 0.15) is 5.75 Å². The van der Waals surface area contributed by atoms with Crippen LogP contribution in [-0.4, -0.2) is 17.9 Å². The average molecular weight is 398 g/mol. The molecule has 0 unspecified atom stereocenters. The van der Waals surface area contributed by atoms with E-state index in [-0.39, 0.29) is 5.56 Å². The van der Waals surface area contributed by atoms with E-state index in [0.717, 1.165) is 0 Å². The van der Waals surface area contributed by atoms with Crippen molar-refractivity contribution in [1.29, 1.82) is 0 Å². The van der Waals surface area contributed by atoms with E-state index in [9.17, 15) is 9.59 Å². The number of halogens is 2. The number of primary amides is 1. The molecule has 2 rings (SSSR count). The molecule has 1 atom stereocenters. The van der Waals surface area contributed by atoms with Gasteiger partial charge >= 0.3 is 0 Å². The number of nitrogens with two attached hydrogens (primary N) is 1. The molecule has 0 heterocycles. The van der Waals surface area contributed by atoms with Gasteiger partial charge in [0.05, 0.1) is 15.7 Å². The topological polar surface area (TPSA) is 81.4 Å². The fourth-order valence-electron chi connectivity index (χ4n) is 1.86. The lowest BCUT2D eigenvalue weighted by Gasteiger charge is -2.16. The van der Waals surface area contributed by atoms with Gasteiger partial charge in [-0.25, -0.2) is 0 Å². The molecule has 5 nitrogen and oxygen atoms in total. The third-order valence-electron chi connectivity index (χ3n) is 3.02. The molecule has 0 aliphatic heterocycles. The summed E-state index contributed by atoms with van der Waals surface area (Å²) >= 11 is 9.18. The van der Waals surface area contributed by atoms with Crippen LogP contribution in [0.3, 0.4) is 0 Å². The first kappa shape index (κ1) is 17.3. The van der Waals surface area contributed by atoms with Crippen molar-refractivity contribution in [2.45, 2.75) is 13.0 Å². The summed E-state index contributed by atoms with van der Waals surface area (Å²) in [6.45, 7) is 1.60. The van der Waals surface area contributed by atoms with Crippen molar-refractivity contribution < 1.29 is 14.3 Å². The number of carbonyl (C=O) groups excluding carboxylic acids is 2. The molecule has 2 aromatic carbocycles. The lowest BCUT2D eigenvalue weighted by molar-refractivity contribution is -0.122. The van der Waals surface area contributed by atoms with Crippen molar-refractivity contribution in [1.82, 2.24) is 0 Å². The Morgan fingerprint density at radius 3 is 2.61 bits per heavy atom. The summed E-state index contributed by atoms with van der Waals surface area (Å²) in [6.07, 6.45) is -0.784. The van der Waals surface area contributed by atoms with Crippen molar-refractivity contribution >= 4 is 45.0 Å². The van der Waals surface area contributed by atoms with Crippen LogP contribution in [0.25, 0.3) is 0 Å². The fraction of sp³-hybridized carbons (Fsp3) is 0.125. The number of para-hydroxylation sites is 1. The average Bonchev–Trinajstić information content (AvgIpc) is 2.50. The first-order valence-corrected chi connectivity index (χ1v) is 7.87.